The quantitative estimate of drug-likeness (QED) is 0.158. The summed E-state index contributed by atoms with van der Waals surface area (Å²) in [7, 11) is 0. The Labute approximate surface area is 363 Å². The largest absolute Gasteiger partial charge is 0.371 e. The molecule has 1 atom stereocenters. The van der Waals surface area contributed by atoms with Gasteiger partial charge in [-0.1, -0.05) is 11.3 Å². The molecule has 0 radical (unpaired) electrons. The molecule has 4 fully saturated rings. The molecule has 1 aliphatic carbocycles. The number of pyridine rings is 1. The number of piperazine rings is 1. The van der Waals surface area contributed by atoms with Crippen LogP contribution in [0.1, 0.15) is 73.2 Å². The van der Waals surface area contributed by atoms with Crippen molar-refractivity contribution in [1.29, 1.82) is 0 Å². The first-order valence-electron chi connectivity index (χ1n) is 22.0. The lowest BCUT2D eigenvalue weighted by Gasteiger charge is -2.38. The van der Waals surface area contributed by atoms with Crippen LogP contribution in [-0.2, 0) is 9.59 Å². The Morgan fingerprint density at radius 3 is 2.41 bits per heavy atom. The minimum absolute atomic E-state index is 0.0723. The lowest BCUT2D eigenvalue weighted by molar-refractivity contribution is -0.136. The highest BCUT2D eigenvalue weighted by atomic mass is 16.2. The molecule has 18 nitrogen and oxygen atoms in total. The Bertz CT molecular complexity index is 2730. The number of hydrogen-bond acceptors (Lipinski definition) is 14. The monoisotopic (exact) mass is 850 g/mol. The molecule has 7 heterocycles. The predicted octanol–water partition coefficient (Wildman–Crippen LogP) is 3.92. The van der Waals surface area contributed by atoms with Crippen LogP contribution in [0.3, 0.4) is 0 Å². The number of benzene rings is 2. The second-order valence-corrected chi connectivity index (χ2v) is 17.2. The van der Waals surface area contributed by atoms with Gasteiger partial charge in [-0.05, 0) is 113 Å². The second kappa shape index (κ2) is 17.2. The lowest BCUT2D eigenvalue weighted by Crippen LogP contribution is -2.47. The summed E-state index contributed by atoms with van der Waals surface area (Å²) in [6.07, 6.45) is 8.71. The topological polar surface area (TPSA) is 201 Å². The van der Waals surface area contributed by atoms with Crippen LogP contribution in [0.4, 0.5) is 22.9 Å². The number of hydrogen-bond donors (Lipinski definition) is 3. The Morgan fingerprint density at radius 2 is 1.63 bits per heavy atom. The van der Waals surface area contributed by atoms with Crippen LogP contribution in [-0.4, -0.2) is 114 Å². The van der Waals surface area contributed by atoms with Gasteiger partial charge in [0.25, 0.3) is 17.4 Å². The number of nitrogens with one attached hydrogen (secondary N) is 3. The molecule has 1 unspecified atom stereocenters. The molecule has 4 aliphatic rings. The number of carbonyl (C=O) groups is 3. The van der Waals surface area contributed by atoms with Gasteiger partial charge in [-0.3, -0.25) is 29.4 Å². The van der Waals surface area contributed by atoms with E-state index in [0.717, 1.165) is 98.9 Å². The van der Waals surface area contributed by atoms with E-state index in [-0.39, 0.29) is 42.3 Å². The molecular formula is C45H50N14O4. The number of carbonyl (C=O) groups excluding carboxylic acids is 3. The average molecular weight is 851 g/mol. The van der Waals surface area contributed by atoms with Gasteiger partial charge in [-0.25, -0.2) is 19.9 Å². The van der Waals surface area contributed by atoms with Gasteiger partial charge in [0.1, 0.15) is 23.6 Å². The Kier molecular flexibility index (Phi) is 11.0. The van der Waals surface area contributed by atoms with Crippen LogP contribution < -0.4 is 31.3 Å². The van der Waals surface area contributed by atoms with Gasteiger partial charge in [0.05, 0.1) is 11.7 Å². The number of amides is 3. The molecule has 18 heteroatoms. The fourth-order valence-corrected chi connectivity index (χ4v) is 9.40. The normalized spacial score (nSPS) is 21.1. The highest BCUT2D eigenvalue weighted by molar-refractivity contribution is 5.99. The molecule has 6 aromatic rings. The van der Waals surface area contributed by atoms with Crippen LogP contribution in [0, 0.1) is 12.8 Å². The van der Waals surface area contributed by atoms with Crippen LogP contribution in [0.2, 0.25) is 0 Å². The molecule has 10 rings (SSSR count). The predicted molar refractivity (Wildman–Crippen MR) is 237 cm³/mol. The highest BCUT2D eigenvalue weighted by Gasteiger charge is 2.34. The lowest BCUT2D eigenvalue weighted by atomic mass is 9.86. The van der Waals surface area contributed by atoms with Gasteiger partial charge in [-0.15, -0.1) is 5.10 Å². The fourth-order valence-electron chi connectivity index (χ4n) is 9.40. The summed E-state index contributed by atoms with van der Waals surface area (Å²) in [6.45, 7) is 8.78. The zero-order valence-corrected chi connectivity index (χ0v) is 35.2. The number of aryl methyl sites for hydroxylation is 1. The van der Waals surface area contributed by atoms with E-state index in [4.69, 9.17) is 0 Å². The smallest absolute Gasteiger partial charge is 0.278 e. The Hall–Kier alpha value is -6.82. The van der Waals surface area contributed by atoms with Crippen molar-refractivity contribution in [3.63, 3.8) is 0 Å². The van der Waals surface area contributed by atoms with E-state index in [1.54, 1.807) is 12.4 Å². The van der Waals surface area contributed by atoms with Crippen LogP contribution >= 0.6 is 0 Å². The van der Waals surface area contributed by atoms with Crippen LogP contribution in [0.25, 0.3) is 22.1 Å². The van der Waals surface area contributed by atoms with Crippen molar-refractivity contribution in [3.05, 3.63) is 95.1 Å². The molecular weight excluding hydrogens is 801 g/mol. The number of anilines is 4. The molecule has 1 saturated carbocycles. The number of rotatable bonds is 11. The van der Waals surface area contributed by atoms with E-state index in [1.165, 1.54) is 12.1 Å². The number of nitrogens with zero attached hydrogens (tertiary/aromatic N) is 11. The maximum Gasteiger partial charge on any atom is 0.278 e. The highest BCUT2D eigenvalue weighted by Crippen LogP contribution is 2.36. The third-order valence-corrected chi connectivity index (χ3v) is 13.2. The van der Waals surface area contributed by atoms with Crippen molar-refractivity contribution in [2.45, 2.75) is 70.0 Å². The third-order valence-electron chi connectivity index (χ3n) is 13.2. The van der Waals surface area contributed by atoms with Crippen molar-refractivity contribution in [2.24, 2.45) is 5.92 Å². The SMILES string of the molecule is Cc1cccc(C(=O)NC2CC(n3cnc4c(Nc5ccc(N6CCN(CCC7CCN(c8ccc9nnn(C%10CCC(=O)NC%10=O)c(=O)c9c8)CC7)CC6)cc5)ncnc43)C2)n1. The second-order valence-electron chi connectivity index (χ2n) is 17.2. The molecule has 3 amide bonds. The summed E-state index contributed by atoms with van der Waals surface area (Å²) in [4.78, 5) is 75.6. The van der Waals surface area contributed by atoms with Crippen LogP contribution in [0.5, 0.6) is 0 Å². The number of imidazole rings is 1. The summed E-state index contributed by atoms with van der Waals surface area (Å²) >= 11 is 0. The van der Waals surface area contributed by atoms with Gasteiger partial charge in [0.15, 0.2) is 17.0 Å². The maximum atomic E-state index is 13.4. The van der Waals surface area contributed by atoms with E-state index >= 15 is 0 Å². The summed E-state index contributed by atoms with van der Waals surface area (Å²) < 4.78 is 3.20. The van der Waals surface area contributed by atoms with E-state index in [9.17, 15) is 19.2 Å². The number of piperidine rings is 2. The minimum Gasteiger partial charge on any atom is -0.371 e. The number of fused-ring (bicyclic) bond motifs is 2. The van der Waals surface area contributed by atoms with Crippen molar-refractivity contribution < 1.29 is 14.4 Å². The van der Waals surface area contributed by atoms with Gasteiger partial charge < -0.3 is 25.0 Å². The number of imide groups is 1. The average Bonchev–Trinajstić information content (AvgIpc) is 3.72. The van der Waals surface area contributed by atoms with Crippen molar-refractivity contribution in [2.75, 3.05) is 60.9 Å². The molecule has 3 N–H and O–H groups in total. The van der Waals surface area contributed by atoms with Gasteiger partial charge in [-0.2, -0.15) is 4.68 Å². The summed E-state index contributed by atoms with van der Waals surface area (Å²) in [5, 5.41) is 17.5. The first-order valence-corrected chi connectivity index (χ1v) is 22.0. The summed E-state index contributed by atoms with van der Waals surface area (Å²) in [6, 6.07) is 19.1. The molecule has 324 valence electrons. The van der Waals surface area contributed by atoms with E-state index in [1.807, 2.05) is 43.6 Å². The molecule has 4 aromatic heterocycles. The van der Waals surface area contributed by atoms with Crippen LogP contribution in [0.15, 0.2) is 78.1 Å². The zero-order chi connectivity index (χ0) is 43.0. The molecule has 0 spiro atoms. The van der Waals surface area contributed by atoms with E-state index in [0.29, 0.717) is 33.8 Å². The van der Waals surface area contributed by atoms with Crippen molar-refractivity contribution in [1.82, 2.24) is 55.0 Å². The first kappa shape index (κ1) is 40.3. The molecule has 0 bridgehead atoms. The maximum absolute atomic E-state index is 13.4. The van der Waals surface area contributed by atoms with Crippen molar-refractivity contribution in [3.8, 4) is 0 Å². The first-order chi connectivity index (χ1) is 30.7. The molecule has 3 aliphatic heterocycles. The Balaban J connectivity index is 0.673. The molecule has 63 heavy (non-hydrogen) atoms. The van der Waals surface area contributed by atoms with E-state index < -0.39 is 11.9 Å². The zero-order valence-electron chi connectivity index (χ0n) is 35.2. The summed E-state index contributed by atoms with van der Waals surface area (Å²) in [5.41, 5.74) is 5.95. The van der Waals surface area contributed by atoms with Gasteiger partial charge >= 0.3 is 0 Å². The van der Waals surface area contributed by atoms with Gasteiger partial charge in [0.2, 0.25) is 5.91 Å². The fraction of sp³-hybridized carbons (Fsp3) is 0.422. The standard InChI is InChI=1S/C45H50N14O4/c1-28-3-2-4-37(49-28)43(61)51-31-23-34(24-31)58-27-48-40-41(46-26-47-42(40)58)50-30-5-7-32(8-6-30)57-21-19-55(20-22-57)16-13-29-14-17-56(18-15-29)33-9-10-36-35(25-33)45(63)59(54-53-36)38-11-12-39(60)52-44(38)62/h2-10,25-27,29,31,34,38H,11-24H2,1H3,(H,51,61)(H,46,47,50)(H,52,60,62). The number of aromatic nitrogens is 8. The molecule has 3 saturated heterocycles. The Morgan fingerprint density at radius 1 is 0.857 bits per heavy atom. The third kappa shape index (κ3) is 8.41. The van der Waals surface area contributed by atoms with Gasteiger partial charge in [0, 0.05) is 80.5 Å². The van der Waals surface area contributed by atoms with E-state index in [2.05, 4.69) is 89.7 Å². The van der Waals surface area contributed by atoms with Crippen molar-refractivity contribution >= 4 is 62.7 Å². The summed E-state index contributed by atoms with van der Waals surface area (Å²) in [5.74, 6) is 0.298. The molecule has 2 aromatic carbocycles. The minimum atomic E-state index is -0.841.